The smallest absolute Gasteiger partial charge is 0.303 e. The van der Waals surface area contributed by atoms with Crippen LogP contribution in [0, 0.1) is 5.41 Å². The maximum absolute atomic E-state index is 12.3. The first-order valence-corrected chi connectivity index (χ1v) is 14.4. The van der Waals surface area contributed by atoms with Crippen LogP contribution in [0.15, 0.2) is 91.0 Å². The molecule has 1 fully saturated rings. The van der Waals surface area contributed by atoms with E-state index in [-0.39, 0.29) is 19.8 Å². The third-order valence-corrected chi connectivity index (χ3v) is 6.86. The predicted octanol–water partition coefficient (Wildman–Crippen LogP) is 6.39. The summed E-state index contributed by atoms with van der Waals surface area (Å²) in [6.45, 7) is 2.01. The van der Waals surface area contributed by atoms with Crippen LogP contribution in [0.1, 0.15) is 23.6 Å². The van der Waals surface area contributed by atoms with Gasteiger partial charge in [0.15, 0.2) is 6.10 Å². The molecule has 0 unspecified atom stereocenters. The minimum atomic E-state index is -2.18. The molecule has 3 aromatic rings. The minimum Gasteiger partial charge on any atom is -0.453 e. The van der Waals surface area contributed by atoms with Gasteiger partial charge in [0, 0.05) is 6.92 Å². The number of hydrogen-bond acceptors (Lipinski definition) is 8. The lowest BCUT2D eigenvalue weighted by Gasteiger charge is -2.45. The van der Waals surface area contributed by atoms with Gasteiger partial charge in [-0.05, 0) is 16.7 Å². The Kier molecular flexibility index (Phi) is 12.0. The molecule has 1 aliphatic rings. The van der Waals surface area contributed by atoms with Crippen molar-refractivity contribution in [2.24, 2.45) is 0 Å². The Balaban J connectivity index is 1.64. The number of halogens is 3. The number of ether oxygens (including phenoxy) is 6. The lowest BCUT2D eigenvalue weighted by molar-refractivity contribution is -0.305. The molecule has 3 aromatic carbocycles. The number of rotatable bonds is 12. The SMILES string of the molecule is CC(=O)O[C@H]1[C@@H](OC(=N)C(Cl)(Cl)Cl)O[C@H](COCc2ccccc2)[C@H](OCc2ccccc2)[C@@H]1OCc1ccccc1. The molecule has 0 bridgehead atoms. The summed E-state index contributed by atoms with van der Waals surface area (Å²) in [7, 11) is 0. The third kappa shape index (κ3) is 9.67. The molecule has 0 aromatic heterocycles. The standard InChI is InChI=1S/C31H32Cl3NO7/c1-21(36)40-28-27(39-19-24-15-9-4-10-16-24)26(38-18-23-13-7-3-8-14-23)25(20-37-17-22-11-5-2-6-12-22)41-29(28)42-30(35)31(32,33)34/h2-16,25-29,35H,17-20H2,1H3/t25-,26+,27+,28-,29-/m1/s1. The summed E-state index contributed by atoms with van der Waals surface area (Å²) >= 11 is 17.7. The van der Waals surface area contributed by atoms with Gasteiger partial charge in [-0.1, -0.05) is 126 Å². The average Bonchev–Trinajstić information content (AvgIpc) is 2.97. The molecule has 1 aliphatic heterocycles. The molecule has 11 heteroatoms. The maximum Gasteiger partial charge on any atom is 0.303 e. The largest absolute Gasteiger partial charge is 0.453 e. The van der Waals surface area contributed by atoms with Crippen molar-refractivity contribution in [1.29, 1.82) is 5.41 Å². The fourth-order valence-corrected chi connectivity index (χ4v) is 4.53. The molecule has 1 heterocycles. The molecule has 0 spiro atoms. The van der Waals surface area contributed by atoms with Gasteiger partial charge in [-0.3, -0.25) is 10.2 Å². The van der Waals surface area contributed by atoms with E-state index in [0.29, 0.717) is 6.61 Å². The van der Waals surface area contributed by atoms with E-state index >= 15 is 0 Å². The van der Waals surface area contributed by atoms with Crippen LogP contribution in [-0.2, 0) is 53.0 Å². The molecular formula is C31H32Cl3NO7. The van der Waals surface area contributed by atoms with Crippen molar-refractivity contribution in [1.82, 2.24) is 0 Å². The highest BCUT2D eigenvalue weighted by atomic mass is 35.6. The molecule has 1 N–H and O–H groups in total. The van der Waals surface area contributed by atoms with Gasteiger partial charge in [0.1, 0.15) is 18.3 Å². The Morgan fingerprint density at radius 3 is 1.69 bits per heavy atom. The molecule has 8 nitrogen and oxygen atoms in total. The summed E-state index contributed by atoms with van der Waals surface area (Å²) in [5, 5.41) is 8.17. The topological polar surface area (TPSA) is 96.3 Å². The highest BCUT2D eigenvalue weighted by Gasteiger charge is 2.52. The Labute approximate surface area is 260 Å². The van der Waals surface area contributed by atoms with Crippen LogP contribution in [-0.4, -0.2) is 53.0 Å². The highest BCUT2D eigenvalue weighted by molar-refractivity contribution is 6.76. The van der Waals surface area contributed by atoms with Crippen molar-refractivity contribution in [3.8, 4) is 0 Å². The van der Waals surface area contributed by atoms with Crippen LogP contribution in [0.4, 0.5) is 0 Å². The van der Waals surface area contributed by atoms with E-state index in [1.807, 2.05) is 91.0 Å². The zero-order chi connectivity index (χ0) is 30.0. The van der Waals surface area contributed by atoms with E-state index in [1.165, 1.54) is 6.92 Å². The lowest BCUT2D eigenvalue weighted by atomic mass is 9.98. The van der Waals surface area contributed by atoms with E-state index in [9.17, 15) is 4.79 Å². The normalized spacial score (nSPS) is 22.3. The summed E-state index contributed by atoms with van der Waals surface area (Å²) < 4.78 is 34.2. The van der Waals surface area contributed by atoms with Crippen LogP contribution in [0.3, 0.4) is 0 Å². The molecule has 0 amide bonds. The first kappa shape index (κ1) is 32.2. The van der Waals surface area contributed by atoms with Gasteiger partial charge >= 0.3 is 5.97 Å². The number of carbonyl (C=O) groups excluding carboxylic acids is 1. The second kappa shape index (κ2) is 15.7. The van der Waals surface area contributed by atoms with Crippen molar-refractivity contribution in [2.75, 3.05) is 6.61 Å². The second-order valence-electron chi connectivity index (χ2n) is 9.58. The van der Waals surface area contributed by atoms with Crippen LogP contribution in [0.5, 0.6) is 0 Å². The van der Waals surface area contributed by atoms with E-state index in [1.54, 1.807) is 0 Å². The Bertz CT molecular complexity index is 1260. The summed E-state index contributed by atoms with van der Waals surface area (Å²) in [5.41, 5.74) is 2.77. The van der Waals surface area contributed by atoms with Gasteiger partial charge in [-0.15, -0.1) is 0 Å². The van der Waals surface area contributed by atoms with Crippen LogP contribution in [0.25, 0.3) is 0 Å². The van der Waals surface area contributed by atoms with E-state index in [0.717, 1.165) is 16.7 Å². The fraction of sp³-hybridized carbons (Fsp3) is 0.355. The number of alkyl halides is 3. The number of nitrogens with one attached hydrogen (secondary N) is 1. The summed E-state index contributed by atoms with van der Waals surface area (Å²) in [5.74, 6) is -1.32. The summed E-state index contributed by atoms with van der Waals surface area (Å²) in [6, 6.07) is 28.8. The Hall–Kier alpha value is -2.69. The highest BCUT2D eigenvalue weighted by Crippen LogP contribution is 2.34. The fourth-order valence-electron chi connectivity index (χ4n) is 4.40. The molecule has 42 heavy (non-hydrogen) atoms. The van der Waals surface area contributed by atoms with Gasteiger partial charge < -0.3 is 28.4 Å². The van der Waals surface area contributed by atoms with Gasteiger partial charge in [0.25, 0.3) is 3.79 Å². The third-order valence-electron chi connectivity index (χ3n) is 6.35. The van der Waals surface area contributed by atoms with E-state index in [2.05, 4.69) is 0 Å². The first-order valence-electron chi connectivity index (χ1n) is 13.3. The van der Waals surface area contributed by atoms with Crippen LogP contribution >= 0.6 is 34.8 Å². The molecule has 0 aliphatic carbocycles. The maximum atomic E-state index is 12.3. The molecular weight excluding hydrogens is 605 g/mol. The molecule has 5 atom stereocenters. The van der Waals surface area contributed by atoms with Crippen molar-refractivity contribution in [3.05, 3.63) is 108 Å². The van der Waals surface area contributed by atoms with Gasteiger partial charge in [0.2, 0.25) is 12.2 Å². The minimum absolute atomic E-state index is 0.0628. The van der Waals surface area contributed by atoms with Crippen LogP contribution in [0.2, 0.25) is 0 Å². The van der Waals surface area contributed by atoms with Gasteiger partial charge in [-0.2, -0.15) is 0 Å². The second-order valence-corrected chi connectivity index (χ2v) is 11.9. The zero-order valence-corrected chi connectivity index (χ0v) is 25.1. The molecule has 224 valence electrons. The molecule has 0 saturated carbocycles. The van der Waals surface area contributed by atoms with Crippen molar-refractivity contribution in [3.63, 3.8) is 0 Å². The first-order chi connectivity index (χ1) is 20.2. The van der Waals surface area contributed by atoms with Crippen LogP contribution < -0.4 is 0 Å². The van der Waals surface area contributed by atoms with Gasteiger partial charge in [0.05, 0.1) is 26.4 Å². The Morgan fingerprint density at radius 2 is 1.21 bits per heavy atom. The molecule has 4 rings (SSSR count). The van der Waals surface area contributed by atoms with Crippen molar-refractivity contribution < 1.29 is 33.2 Å². The Morgan fingerprint density at radius 1 is 0.738 bits per heavy atom. The number of hydrogen-bond donors (Lipinski definition) is 1. The average molecular weight is 637 g/mol. The monoisotopic (exact) mass is 635 g/mol. The molecule has 1 saturated heterocycles. The number of benzene rings is 3. The van der Waals surface area contributed by atoms with Gasteiger partial charge in [-0.25, -0.2) is 0 Å². The predicted molar refractivity (Wildman–Crippen MR) is 159 cm³/mol. The van der Waals surface area contributed by atoms with Crippen molar-refractivity contribution in [2.45, 2.75) is 61.2 Å². The zero-order valence-electron chi connectivity index (χ0n) is 22.9. The lowest BCUT2D eigenvalue weighted by Crippen LogP contribution is -2.62. The number of carbonyl (C=O) groups is 1. The number of esters is 1. The summed E-state index contributed by atoms with van der Waals surface area (Å²) in [4.78, 5) is 12.3. The van der Waals surface area contributed by atoms with E-state index in [4.69, 9.17) is 68.6 Å². The van der Waals surface area contributed by atoms with Crippen molar-refractivity contribution >= 4 is 46.7 Å². The molecule has 0 radical (unpaired) electrons. The van der Waals surface area contributed by atoms with E-state index < -0.39 is 46.4 Å². The quantitative estimate of drug-likeness (QED) is 0.106. The summed E-state index contributed by atoms with van der Waals surface area (Å²) in [6.07, 6.45) is -5.01.